The molecule has 0 saturated carbocycles. The van der Waals surface area contributed by atoms with Gasteiger partial charge in [-0.05, 0) is 29.3 Å². The van der Waals surface area contributed by atoms with Crippen molar-refractivity contribution >= 4 is 12.0 Å². The van der Waals surface area contributed by atoms with Crippen LogP contribution in [0.1, 0.15) is 29.5 Å². The maximum atomic E-state index is 13.1. The average Bonchev–Trinajstić information content (AvgIpc) is 3.12. The molecule has 3 nitrogen and oxygen atoms in total. The van der Waals surface area contributed by atoms with E-state index < -0.39 is 0 Å². The highest BCUT2D eigenvalue weighted by molar-refractivity contribution is 5.91. The zero-order chi connectivity index (χ0) is 17.5. The van der Waals surface area contributed by atoms with Crippen LogP contribution < -0.4 is 10.2 Å². The maximum absolute atomic E-state index is 13.1. The highest BCUT2D eigenvalue weighted by Crippen LogP contribution is 2.09. The second-order valence-electron chi connectivity index (χ2n) is 6.51. The van der Waals surface area contributed by atoms with Crippen LogP contribution in [-0.4, -0.2) is 19.0 Å². The Bertz CT molecular complexity index is 751. The van der Waals surface area contributed by atoms with Crippen molar-refractivity contribution < 1.29 is 14.1 Å². The van der Waals surface area contributed by atoms with E-state index in [-0.39, 0.29) is 11.7 Å². The van der Waals surface area contributed by atoms with Crippen LogP contribution in [0.4, 0.5) is 4.39 Å². The van der Waals surface area contributed by atoms with Crippen molar-refractivity contribution in [2.45, 2.75) is 25.9 Å². The maximum Gasteiger partial charge on any atom is 0.244 e. The van der Waals surface area contributed by atoms with E-state index >= 15 is 0 Å². The number of hydrogen-bond donors (Lipinski definition) is 2. The van der Waals surface area contributed by atoms with Crippen molar-refractivity contribution in [1.29, 1.82) is 0 Å². The van der Waals surface area contributed by atoms with Gasteiger partial charge in [0.15, 0.2) is 0 Å². The predicted molar refractivity (Wildman–Crippen MR) is 97.4 cm³/mol. The molecule has 25 heavy (non-hydrogen) atoms. The summed E-state index contributed by atoms with van der Waals surface area (Å²) < 4.78 is 13.1. The highest BCUT2D eigenvalue weighted by Gasteiger charge is 2.17. The van der Waals surface area contributed by atoms with Crippen LogP contribution in [0.25, 0.3) is 6.08 Å². The molecule has 1 amide bonds. The lowest BCUT2D eigenvalue weighted by atomic mass is 10.1. The minimum absolute atomic E-state index is 0.174. The SMILES string of the molecule is O=C(/C=C/c1cccc(F)c1)NCc1ccccc1C[NH+]1CCCC1. The Labute approximate surface area is 148 Å². The van der Waals surface area contributed by atoms with Gasteiger partial charge < -0.3 is 10.2 Å². The standard InChI is InChI=1S/C21H23FN2O/c22-20-9-5-6-17(14-20)10-11-21(25)23-15-18-7-1-2-8-19(18)16-24-12-3-4-13-24/h1-2,5-11,14H,3-4,12-13,15-16H2,(H,23,25)/p+1/b11-10+. The van der Waals surface area contributed by atoms with Crippen molar-refractivity contribution in [3.8, 4) is 0 Å². The fraction of sp³-hybridized carbons (Fsp3) is 0.286. The van der Waals surface area contributed by atoms with Crippen LogP contribution in [0.5, 0.6) is 0 Å². The van der Waals surface area contributed by atoms with Crippen LogP contribution >= 0.6 is 0 Å². The first-order chi connectivity index (χ1) is 12.2. The number of quaternary nitrogens is 1. The summed E-state index contributed by atoms with van der Waals surface area (Å²) in [7, 11) is 0. The van der Waals surface area contributed by atoms with Crippen molar-refractivity contribution in [2.75, 3.05) is 13.1 Å². The van der Waals surface area contributed by atoms with E-state index in [9.17, 15) is 9.18 Å². The third kappa shape index (κ3) is 5.26. The van der Waals surface area contributed by atoms with E-state index in [2.05, 4.69) is 23.5 Å². The molecule has 0 aromatic heterocycles. The number of amides is 1. The number of halogens is 1. The molecule has 2 N–H and O–H groups in total. The molecule has 0 unspecified atom stereocenters. The molecule has 1 aliphatic rings. The van der Waals surface area contributed by atoms with E-state index in [0.29, 0.717) is 12.1 Å². The molecule has 1 heterocycles. The summed E-state index contributed by atoms with van der Waals surface area (Å²) in [5, 5.41) is 2.92. The molecule has 1 aliphatic heterocycles. The number of benzene rings is 2. The van der Waals surface area contributed by atoms with E-state index in [1.165, 1.54) is 49.7 Å². The lowest BCUT2D eigenvalue weighted by Crippen LogP contribution is -3.08. The molecule has 2 aromatic carbocycles. The molecule has 0 radical (unpaired) electrons. The quantitative estimate of drug-likeness (QED) is 0.778. The Morgan fingerprint density at radius 1 is 1.08 bits per heavy atom. The summed E-state index contributed by atoms with van der Waals surface area (Å²) in [6, 6.07) is 14.5. The third-order valence-corrected chi connectivity index (χ3v) is 4.60. The molecule has 0 spiro atoms. The highest BCUT2D eigenvalue weighted by atomic mass is 19.1. The number of likely N-dealkylation sites (tertiary alicyclic amines) is 1. The molecule has 130 valence electrons. The van der Waals surface area contributed by atoms with Gasteiger partial charge in [-0.3, -0.25) is 4.79 Å². The average molecular weight is 339 g/mol. The molecule has 4 heteroatoms. The summed E-state index contributed by atoms with van der Waals surface area (Å²) >= 11 is 0. The van der Waals surface area contributed by atoms with Gasteiger partial charge in [0.2, 0.25) is 5.91 Å². The molecular formula is C21H24FN2O+. The molecule has 2 aromatic rings. The Balaban J connectivity index is 1.56. The van der Waals surface area contributed by atoms with Crippen LogP contribution in [0.2, 0.25) is 0 Å². The summed E-state index contributed by atoms with van der Waals surface area (Å²) in [6.45, 7) is 4.00. The Morgan fingerprint density at radius 2 is 1.84 bits per heavy atom. The monoisotopic (exact) mass is 339 g/mol. The first kappa shape index (κ1) is 17.4. The van der Waals surface area contributed by atoms with Gasteiger partial charge in [0.1, 0.15) is 12.4 Å². The van der Waals surface area contributed by atoms with E-state index in [1.807, 2.05) is 6.07 Å². The van der Waals surface area contributed by atoms with Crippen LogP contribution in [0.15, 0.2) is 54.6 Å². The molecule has 3 rings (SSSR count). The van der Waals surface area contributed by atoms with Crippen molar-refractivity contribution in [1.82, 2.24) is 5.32 Å². The van der Waals surface area contributed by atoms with Crippen molar-refractivity contribution in [3.63, 3.8) is 0 Å². The summed E-state index contributed by atoms with van der Waals surface area (Å²) in [4.78, 5) is 13.6. The van der Waals surface area contributed by atoms with Gasteiger partial charge in [0.25, 0.3) is 0 Å². The van der Waals surface area contributed by atoms with Crippen molar-refractivity contribution in [2.24, 2.45) is 0 Å². The second kappa shape index (κ2) is 8.58. The summed E-state index contributed by atoms with van der Waals surface area (Å²) in [5.41, 5.74) is 3.14. The minimum atomic E-state index is -0.305. The van der Waals surface area contributed by atoms with Gasteiger partial charge in [-0.2, -0.15) is 0 Å². The number of nitrogens with one attached hydrogen (secondary N) is 2. The smallest absolute Gasteiger partial charge is 0.244 e. The minimum Gasteiger partial charge on any atom is -0.348 e. The molecule has 1 saturated heterocycles. The molecule has 0 bridgehead atoms. The predicted octanol–water partition coefficient (Wildman–Crippen LogP) is 2.33. The number of hydrogen-bond acceptors (Lipinski definition) is 1. The van der Waals surface area contributed by atoms with Crippen molar-refractivity contribution in [3.05, 3.63) is 77.1 Å². The topological polar surface area (TPSA) is 33.5 Å². The third-order valence-electron chi connectivity index (χ3n) is 4.60. The summed E-state index contributed by atoms with van der Waals surface area (Å²) in [6.07, 6.45) is 5.68. The van der Waals surface area contributed by atoms with E-state index in [0.717, 1.165) is 12.1 Å². The van der Waals surface area contributed by atoms with Gasteiger partial charge in [0.05, 0.1) is 13.1 Å². The zero-order valence-electron chi connectivity index (χ0n) is 14.3. The Hall–Kier alpha value is -2.46. The fourth-order valence-corrected chi connectivity index (χ4v) is 3.25. The van der Waals surface area contributed by atoms with Crippen LogP contribution in [0, 0.1) is 5.82 Å². The van der Waals surface area contributed by atoms with Crippen LogP contribution in [0.3, 0.4) is 0 Å². The fourth-order valence-electron chi connectivity index (χ4n) is 3.25. The Kier molecular flexibility index (Phi) is 5.96. The molecular weight excluding hydrogens is 315 g/mol. The normalized spacial score (nSPS) is 14.9. The number of rotatable bonds is 6. The zero-order valence-corrected chi connectivity index (χ0v) is 14.3. The first-order valence-corrected chi connectivity index (χ1v) is 8.82. The van der Waals surface area contributed by atoms with Gasteiger partial charge in [0, 0.05) is 31.0 Å². The lowest BCUT2D eigenvalue weighted by Gasteiger charge is -2.15. The van der Waals surface area contributed by atoms with Gasteiger partial charge in [-0.15, -0.1) is 0 Å². The van der Waals surface area contributed by atoms with Crippen LogP contribution in [-0.2, 0) is 17.9 Å². The van der Waals surface area contributed by atoms with Gasteiger partial charge in [-0.1, -0.05) is 36.4 Å². The Morgan fingerprint density at radius 3 is 2.60 bits per heavy atom. The molecule has 1 fully saturated rings. The largest absolute Gasteiger partial charge is 0.348 e. The lowest BCUT2D eigenvalue weighted by molar-refractivity contribution is -0.901. The van der Waals surface area contributed by atoms with Gasteiger partial charge in [-0.25, -0.2) is 4.39 Å². The molecule has 0 aliphatic carbocycles. The van der Waals surface area contributed by atoms with E-state index in [1.54, 1.807) is 23.1 Å². The first-order valence-electron chi connectivity index (χ1n) is 8.82. The summed E-state index contributed by atoms with van der Waals surface area (Å²) in [5.74, 6) is -0.478. The van der Waals surface area contributed by atoms with E-state index in [4.69, 9.17) is 0 Å². The van der Waals surface area contributed by atoms with Gasteiger partial charge >= 0.3 is 0 Å². The number of carbonyl (C=O) groups is 1. The number of carbonyl (C=O) groups excluding carboxylic acids is 1. The second-order valence-corrected chi connectivity index (χ2v) is 6.51. The molecule has 0 atom stereocenters.